The Kier molecular flexibility index (Phi) is 62.8. The summed E-state index contributed by atoms with van der Waals surface area (Å²) in [5, 5.41) is 91.4. The molecule has 0 aromatic heterocycles. The van der Waals surface area contributed by atoms with E-state index >= 15 is 0 Å². The highest BCUT2D eigenvalue weighted by atomic mass is 79.9. The Hall–Kier alpha value is -15.5. The van der Waals surface area contributed by atoms with Crippen LogP contribution in [-0.4, -0.2) is 174 Å². The zero-order valence-electron chi connectivity index (χ0n) is 83.7. The molecular formula is C99H128BrFN8O35S. The van der Waals surface area contributed by atoms with Gasteiger partial charge in [0.25, 0.3) is 34.1 Å². The van der Waals surface area contributed by atoms with Gasteiger partial charge in [0.1, 0.15) is 56.9 Å². The average Bonchev–Trinajstić information content (AvgIpc) is 0.847. The van der Waals surface area contributed by atoms with Gasteiger partial charge in [0.2, 0.25) is 0 Å². The van der Waals surface area contributed by atoms with Gasteiger partial charge in [-0.05, 0) is 141 Å². The van der Waals surface area contributed by atoms with Gasteiger partial charge in [-0.1, -0.05) is 154 Å². The third-order valence-electron chi connectivity index (χ3n) is 18.1. The van der Waals surface area contributed by atoms with Crippen LogP contribution in [0.4, 0.5) is 49.9 Å². The fourth-order valence-corrected chi connectivity index (χ4v) is 11.7. The number of ether oxygens (including phenoxy) is 10. The molecule has 8 N–H and O–H groups in total. The van der Waals surface area contributed by atoms with Crippen molar-refractivity contribution in [1.82, 2.24) is 0 Å². The van der Waals surface area contributed by atoms with E-state index in [1.165, 1.54) is 87.4 Å². The van der Waals surface area contributed by atoms with Crippen LogP contribution in [0.1, 0.15) is 214 Å². The number of aromatic carboxylic acids is 2. The molecule has 0 spiro atoms. The quantitative estimate of drug-likeness (QED) is 0.00456. The van der Waals surface area contributed by atoms with Crippen LogP contribution in [-0.2, 0) is 40.4 Å². The lowest BCUT2D eigenvalue weighted by Gasteiger charge is -2.10. The summed E-state index contributed by atoms with van der Waals surface area (Å²) in [6.07, 6.45) is 5.56. The lowest BCUT2D eigenvalue weighted by molar-refractivity contribution is -0.394. The monoisotopic (exact) mass is 2120 g/mol. The zero-order valence-corrected chi connectivity index (χ0v) is 85.1. The Morgan fingerprint density at radius 3 is 1.05 bits per heavy atom. The number of carbonyl (C=O) groups excluding carboxylic acids is 5. The number of phenolic OH excluding ortho intramolecular Hbond substituents is 1. The van der Waals surface area contributed by atoms with Crippen molar-refractivity contribution in [3.63, 3.8) is 0 Å². The first-order valence-electron chi connectivity index (χ1n) is 44.5. The third kappa shape index (κ3) is 56.7. The molecule has 0 unspecified atom stereocenters. The van der Waals surface area contributed by atoms with Gasteiger partial charge in [-0.2, -0.15) is 0 Å². The van der Waals surface area contributed by atoms with Crippen LogP contribution in [0.3, 0.4) is 0 Å². The number of nitro groups is 6. The number of rotatable bonds is 38. The molecule has 0 saturated heterocycles. The lowest BCUT2D eigenvalue weighted by atomic mass is 10.1. The number of carboxylic acids is 2. The Bertz CT molecular complexity index is 5740. The number of nitro benzene ring substituents is 6. The number of phenols is 1. The normalized spacial score (nSPS) is 10.2. The van der Waals surface area contributed by atoms with Gasteiger partial charge in [0, 0.05) is 65.6 Å². The molecule has 0 aliphatic rings. The number of nitrogens with two attached hydrogens (primary N) is 1. The zero-order chi connectivity index (χ0) is 111. The number of halogens is 2. The number of quaternary nitrogens is 1. The molecule has 9 rings (SSSR count). The van der Waals surface area contributed by atoms with Crippen LogP contribution in [0.5, 0.6) is 34.5 Å². The summed E-state index contributed by atoms with van der Waals surface area (Å²) < 4.78 is 97.1. The molecule has 0 radical (unpaired) electrons. The molecule has 145 heavy (non-hydrogen) atoms. The second-order valence-corrected chi connectivity index (χ2v) is 34.9. The van der Waals surface area contributed by atoms with Crippen molar-refractivity contribution in [3.05, 3.63) is 293 Å². The van der Waals surface area contributed by atoms with Crippen molar-refractivity contribution >= 4 is 113 Å². The van der Waals surface area contributed by atoms with E-state index in [2.05, 4.69) is 91.3 Å². The van der Waals surface area contributed by atoms with Crippen molar-refractivity contribution in [2.45, 2.75) is 147 Å². The molecule has 0 fully saturated rings. The predicted octanol–water partition coefficient (Wildman–Crippen LogP) is 21.0. The number of esters is 5. The minimum absolute atomic E-state index is 0. The number of carbonyl (C=O) groups is 7. The van der Waals surface area contributed by atoms with Gasteiger partial charge >= 0.3 is 41.8 Å². The first-order chi connectivity index (χ1) is 68.0. The number of methoxy groups -OCH3 is 4. The SMILES string of the molecule is C.CC(C)CCBr.CC(C)CCOC(=O)c1cc(OCCC(C)C)cc([N+](=O)[O-])c1.CC(C)CCOc1cc(C(=O)O)cc([N+](=O)[O-])c1.CC(C)CCOc1cc(N)cc(C(=O)O)c1.CC(C)CCOc1cc([NH3+])cc(C(=O)OCc2ccccc2)c1.COC(=O)c1cc(O)cc([N+](=O)[O-])c1.COC(=O)c1cc(OC)cc([N+](=O)[O-])c1.COC(=O)c1cc([N+](=O)[O-])cc([N+](=O)[O-])c1.Cc1ccc(S(=O)(=O)[O-])cc1.[2H]CF. The van der Waals surface area contributed by atoms with E-state index in [1.807, 2.05) is 71.0 Å². The molecule has 9 aromatic carbocycles. The largest absolute Gasteiger partial charge is 0.744 e. The summed E-state index contributed by atoms with van der Waals surface area (Å²) in [5.74, 6) is -0.487. The number of hydrogen-bond acceptors (Lipinski definition) is 34. The van der Waals surface area contributed by atoms with Crippen molar-refractivity contribution in [2.24, 2.45) is 35.5 Å². The predicted molar refractivity (Wildman–Crippen MR) is 539 cm³/mol. The number of aromatic hydroxyl groups is 1. The maximum absolute atomic E-state index is 12.2. The first-order valence-corrected chi connectivity index (χ1v) is 46.3. The van der Waals surface area contributed by atoms with Crippen LogP contribution in [0.15, 0.2) is 187 Å². The van der Waals surface area contributed by atoms with E-state index in [1.54, 1.807) is 30.3 Å². The van der Waals surface area contributed by atoms with Crippen molar-refractivity contribution in [3.8, 4) is 34.5 Å². The van der Waals surface area contributed by atoms with E-state index in [4.69, 9.17) is 55.6 Å². The summed E-state index contributed by atoms with van der Waals surface area (Å²) in [6.45, 7) is 29.6. The average molecular weight is 2120 g/mol. The van der Waals surface area contributed by atoms with Gasteiger partial charge in [-0.25, -0.2) is 42.0 Å². The van der Waals surface area contributed by atoms with Gasteiger partial charge in [-0.15, -0.1) is 0 Å². The minimum Gasteiger partial charge on any atom is -0.744 e. The Morgan fingerprint density at radius 1 is 0.407 bits per heavy atom. The van der Waals surface area contributed by atoms with Crippen LogP contribution < -0.4 is 35.2 Å². The Balaban J connectivity index is 0. The van der Waals surface area contributed by atoms with Crippen molar-refractivity contribution < 1.29 is 150 Å². The molecule has 0 aliphatic carbocycles. The molecule has 0 aliphatic heterocycles. The maximum Gasteiger partial charge on any atom is 0.338 e. The second kappa shape index (κ2) is 70.2. The second-order valence-electron chi connectivity index (χ2n) is 32.8. The van der Waals surface area contributed by atoms with Crippen LogP contribution >= 0.6 is 15.9 Å². The number of alkyl halides is 2. The molecular weight excluding hydrogens is 1990 g/mol. The summed E-state index contributed by atoms with van der Waals surface area (Å²) in [4.78, 5) is 138. The fraction of sp³-hybridized carbons (Fsp3) is 0.384. The van der Waals surface area contributed by atoms with Gasteiger partial charge in [-0.3, -0.25) is 65.1 Å². The third-order valence-corrected chi connectivity index (χ3v) is 19.4. The van der Waals surface area contributed by atoms with E-state index in [-0.39, 0.29) is 98.3 Å². The Labute approximate surface area is 849 Å². The molecule has 0 saturated carbocycles. The summed E-state index contributed by atoms with van der Waals surface area (Å²) in [6, 6.07) is 42.1. The smallest absolute Gasteiger partial charge is 0.338 e. The summed E-state index contributed by atoms with van der Waals surface area (Å²) >= 11 is 3.35. The summed E-state index contributed by atoms with van der Waals surface area (Å²) in [7, 11) is -0.479. The standard InChI is InChI=1S/C19H23NO3.C17H25NO5.C12H15NO5.C12H17NO3.C9H9NO5.C8H6N2O6.C8H7NO5.C7H8O3S.C5H11Br.CH3F.CH4/c1-14(2)8-9-22-18-11-16(10-17(20)12-18)19(21)23-13-15-6-4-3-5-7-15;1-12(2)5-7-22-16-10-14(9-15(11-16)18(20)21)17(19)23-8-6-13(3)4;1-8(2)3-4-18-11-6-9(12(14)15)5-10(7-11)13(16)17;1-8(2)3-4-16-11-6-9(12(14)15)5-10(13)7-11;1-14-8-4-6(9(11)15-2)3-7(5-8)10(12)13;1-16-8(11)5-2-6(9(12)13)4-7(3-5)10(14)15;1-14-8(11)5-2-6(9(12)13)4-7(10)3-5;1-6-2-4-7(5-3-6)11(8,9)10;1-5(2)3-4-6;1-2;/h3-7,10-12,14H,8-9,13,20H2,1-2H3;9-13H,5-8H2,1-4H3;5-8H,3-4H2,1-2H3,(H,14,15);5-8H,3-4,13H2,1-2H3,(H,14,15);3-5H,1-2H3;2-4H,1H3;2-4,10H,1H3;2-5H,1H3,(H,8,9,10);5H,3-4H2,1-2H3;1H3;1H4/i;;;;;;;;;1D;. The number of carboxylic acid groups (broad SMARTS) is 2. The molecule has 9 aromatic rings. The highest BCUT2D eigenvalue weighted by molar-refractivity contribution is 9.09. The number of hydrogen-bond donors (Lipinski definition) is 5. The van der Waals surface area contributed by atoms with Crippen molar-refractivity contribution in [1.29, 1.82) is 0 Å². The number of anilines is 1. The summed E-state index contributed by atoms with van der Waals surface area (Å²) in [5.41, 5.74) is 10.8. The van der Waals surface area contributed by atoms with Gasteiger partial charge in [0.05, 0.1) is 174 Å². The molecule has 0 amide bonds. The number of non-ortho nitro benzene ring substituents is 6. The van der Waals surface area contributed by atoms with E-state index < -0.39 is 94.0 Å². The van der Waals surface area contributed by atoms with Crippen molar-refractivity contribution in [2.75, 3.05) is 79.7 Å². The molecule has 0 bridgehead atoms. The molecule has 794 valence electrons. The number of benzene rings is 9. The van der Waals surface area contributed by atoms with Gasteiger partial charge in [0.15, 0.2) is 0 Å². The minimum atomic E-state index is -4.27. The highest BCUT2D eigenvalue weighted by Crippen LogP contribution is 2.30. The molecule has 43 nitrogen and oxygen atoms in total. The number of nitrogens with zero attached hydrogens (tertiary/aromatic N) is 6. The van der Waals surface area contributed by atoms with Gasteiger partial charge < -0.3 is 78.7 Å². The highest BCUT2D eigenvalue weighted by Gasteiger charge is 2.24. The molecule has 0 atom stereocenters. The fourth-order valence-electron chi connectivity index (χ4n) is 10.3. The Morgan fingerprint density at radius 2 is 0.703 bits per heavy atom. The lowest BCUT2D eigenvalue weighted by Crippen LogP contribution is -2.40. The molecule has 0 heterocycles. The van der Waals surface area contributed by atoms with Crippen LogP contribution in [0.2, 0.25) is 0 Å². The molecule has 46 heteroatoms. The van der Waals surface area contributed by atoms with E-state index in [9.17, 15) is 112 Å². The maximum atomic E-state index is 12.2. The van der Waals surface area contributed by atoms with Crippen LogP contribution in [0, 0.1) is 103 Å². The topological polar surface area (TPSA) is 642 Å². The number of aryl methyl sites for hydroxylation is 1. The van der Waals surface area contributed by atoms with Crippen LogP contribution in [0.25, 0.3) is 0 Å². The number of nitrogen functional groups attached to an aromatic ring is 1. The first kappa shape index (κ1) is 130. The van der Waals surface area contributed by atoms with E-state index in [0.29, 0.717) is 91.1 Å². The van der Waals surface area contributed by atoms with E-state index in [0.717, 1.165) is 123 Å².